The molecule has 1 aromatic heterocycles. The second-order valence-corrected chi connectivity index (χ2v) is 7.69. The van der Waals surface area contributed by atoms with Gasteiger partial charge >= 0.3 is 5.69 Å². The average molecular weight is 473 g/mol. The normalized spacial score (nSPS) is 10.6. The van der Waals surface area contributed by atoms with Gasteiger partial charge in [0.15, 0.2) is 0 Å². The van der Waals surface area contributed by atoms with Crippen molar-refractivity contribution in [2.45, 2.75) is 13.1 Å². The van der Waals surface area contributed by atoms with E-state index in [1.54, 1.807) is 62.8 Å². The quantitative estimate of drug-likeness (QED) is 0.268. The van der Waals surface area contributed by atoms with E-state index in [0.29, 0.717) is 22.4 Å². The van der Waals surface area contributed by atoms with Crippen molar-refractivity contribution in [1.29, 1.82) is 0 Å². The highest BCUT2D eigenvalue weighted by Gasteiger charge is 2.29. The Morgan fingerprint density at radius 2 is 1.46 bits per heavy atom. The molecule has 4 aromatic rings. The number of fused-ring (bicyclic) bond motifs is 1. The maximum Gasteiger partial charge on any atom is 0.324 e. The molecule has 0 aliphatic heterocycles. The maximum atomic E-state index is 13.3. The van der Waals surface area contributed by atoms with Crippen LogP contribution in [0.25, 0.3) is 10.9 Å². The lowest BCUT2D eigenvalue weighted by atomic mass is 10.1. The number of nitro groups is 1. The van der Waals surface area contributed by atoms with Crippen molar-refractivity contribution in [3.8, 4) is 11.5 Å². The van der Waals surface area contributed by atoms with Gasteiger partial charge in [-0.05, 0) is 41.5 Å². The Labute approximate surface area is 201 Å². The van der Waals surface area contributed by atoms with Gasteiger partial charge in [-0.15, -0.1) is 0 Å². The van der Waals surface area contributed by atoms with Crippen LogP contribution in [0.15, 0.2) is 72.8 Å². The fourth-order valence-corrected chi connectivity index (χ4v) is 3.68. The van der Waals surface area contributed by atoms with Gasteiger partial charge < -0.3 is 20.1 Å². The topological polar surface area (TPSA) is 116 Å². The molecule has 0 bridgehead atoms. The second-order valence-electron chi connectivity index (χ2n) is 7.69. The molecule has 3 aromatic carbocycles. The van der Waals surface area contributed by atoms with Crippen LogP contribution in [0.4, 0.5) is 11.5 Å². The van der Waals surface area contributed by atoms with Crippen LogP contribution in [0.2, 0.25) is 0 Å². The fraction of sp³-hybridized carbons (Fsp3) is 0.154. The lowest BCUT2D eigenvalue weighted by Crippen LogP contribution is -2.24. The highest BCUT2D eigenvalue weighted by molar-refractivity contribution is 6.11. The molecule has 9 heteroatoms. The molecule has 9 nitrogen and oxygen atoms in total. The number of methoxy groups -OCH3 is 2. The first-order valence-corrected chi connectivity index (χ1v) is 10.8. The van der Waals surface area contributed by atoms with Gasteiger partial charge in [-0.1, -0.05) is 42.5 Å². The van der Waals surface area contributed by atoms with Gasteiger partial charge in [0.25, 0.3) is 5.91 Å². The molecule has 0 aliphatic carbocycles. The minimum atomic E-state index is -0.571. The summed E-state index contributed by atoms with van der Waals surface area (Å²) in [5.41, 5.74) is 1.78. The average Bonchev–Trinajstić information content (AvgIpc) is 2.90. The van der Waals surface area contributed by atoms with Crippen molar-refractivity contribution in [2.24, 2.45) is 0 Å². The van der Waals surface area contributed by atoms with Crippen molar-refractivity contribution < 1.29 is 19.2 Å². The van der Waals surface area contributed by atoms with E-state index in [0.717, 1.165) is 11.1 Å². The van der Waals surface area contributed by atoms with E-state index in [1.165, 1.54) is 0 Å². The van der Waals surface area contributed by atoms with Crippen LogP contribution >= 0.6 is 0 Å². The molecule has 0 spiro atoms. The van der Waals surface area contributed by atoms with Crippen LogP contribution in [0.1, 0.15) is 21.5 Å². The van der Waals surface area contributed by atoms with Gasteiger partial charge in [0.2, 0.25) is 5.82 Å². The van der Waals surface area contributed by atoms with Crippen molar-refractivity contribution in [1.82, 2.24) is 10.3 Å². The van der Waals surface area contributed by atoms with Crippen LogP contribution in [0.5, 0.6) is 11.5 Å². The van der Waals surface area contributed by atoms with E-state index >= 15 is 0 Å². The van der Waals surface area contributed by atoms with E-state index in [1.807, 2.05) is 24.3 Å². The Morgan fingerprint density at radius 1 is 0.886 bits per heavy atom. The third-order valence-electron chi connectivity index (χ3n) is 5.51. The number of rotatable bonds is 9. The summed E-state index contributed by atoms with van der Waals surface area (Å²) in [6.07, 6.45) is 0. The molecule has 0 saturated heterocycles. The lowest BCUT2D eigenvalue weighted by Gasteiger charge is -2.13. The van der Waals surface area contributed by atoms with Crippen molar-refractivity contribution in [2.75, 3.05) is 19.5 Å². The number of nitrogens with zero attached hydrogens (tertiary/aromatic N) is 2. The highest BCUT2D eigenvalue weighted by Crippen LogP contribution is 2.33. The number of pyridine rings is 1. The van der Waals surface area contributed by atoms with Crippen LogP contribution in [0, 0.1) is 10.1 Å². The van der Waals surface area contributed by atoms with Gasteiger partial charge in [0.1, 0.15) is 17.1 Å². The Morgan fingerprint density at radius 3 is 2.03 bits per heavy atom. The molecule has 0 saturated carbocycles. The molecule has 178 valence electrons. The fourth-order valence-electron chi connectivity index (χ4n) is 3.68. The molecule has 0 atom stereocenters. The molecular weight excluding hydrogens is 448 g/mol. The van der Waals surface area contributed by atoms with E-state index in [2.05, 4.69) is 15.6 Å². The maximum absolute atomic E-state index is 13.3. The van der Waals surface area contributed by atoms with E-state index in [-0.39, 0.29) is 30.2 Å². The van der Waals surface area contributed by atoms with Gasteiger partial charge in [-0.25, -0.2) is 4.98 Å². The highest BCUT2D eigenvalue weighted by atomic mass is 16.6. The molecule has 0 fully saturated rings. The summed E-state index contributed by atoms with van der Waals surface area (Å²) in [7, 11) is 3.15. The molecule has 2 N–H and O–H groups in total. The van der Waals surface area contributed by atoms with Gasteiger partial charge in [0, 0.05) is 18.5 Å². The van der Waals surface area contributed by atoms with Gasteiger partial charge in [-0.2, -0.15) is 0 Å². The van der Waals surface area contributed by atoms with Crippen molar-refractivity contribution in [3.05, 3.63) is 99.6 Å². The minimum absolute atomic E-state index is 0.0270. The molecule has 0 aliphatic rings. The standard InChI is InChI=1S/C26H24N4O5/c1-34-19-11-7-17(8-12-19)15-27-25-24(30(32)33)23(21-5-3-4-6-22(21)29-25)26(31)28-16-18-9-13-20(35-2)14-10-18/h3-14H,15-16H2,1-2H3,(H,27,29)(H,28,31). The molecule has 1 amide bonds. The summed E-state index contributed by atoms with van der Waals surface area (Å²) >= 11 is 0. The Balaban J connectivity index is 1.66. The first kappa shape index (κ1) is 23.5. The molecule has 1 heterocycles. The smallest absolute Gasteiger partial charge is 0.324 e. The summed E-state index contributed by atoms with van der Waals surface area (Å²) in [5.74, 6) is 0.875. The molecule has 0 radical (unpaired) electrons. The third kappa shape index (κ3) is 5.30. The Bertz CT molecular complexity index is 1360. The van der Waals surface area contributed by atoms with Crippen LogP contribution in [-0.4, -0.2) is 30.0 Å². The zero-order chi connectivity index (χ0) is 24.8. The number of carbonyl (C=O) groups excluding carboxylic acids is 1. The number of carbonyl (C=O) groups is 1. The second kappa shape index (κ2) is 10.5. The summed E-state index contributed by atoms with van der Waals surface area (Å²) < 4.78 is 10.3. The number of para-hydroxylation sites is 1. The zero-order valence-electron chi connectivity index (χ0n) is 19.3. The van der Waals surface area contributed by atoms with Gasteiger partial charge in [0.05, 0.1) is 24.7 Å². The number of aromatic nitrogens is 1. The number of nitrogens with one attached hydrogen (secondary N) is 2. The minimum Gasteiger partial charge on any atom is -0.497 e. The third-order valence-corrected chi connectivity index (χ3v) is 5.51. The van der Waals surface area contributed by atoms with Crippen LogP contribution in [0.3, 0.4) is 0 Å². The Kier molecular flexibility index (Phi) is 7.06. The van der Waals surface area contributed by atoms with Crippen LogP contribution < -0.4 is 20.1 Å². The number of amides is 1. The first-order valence-electron chi connectivity index (χ1n) is 10.8. The summed E-state index contributed by atoms with van der Waals surface area (Å²) in [6, 6.07) is 21.4. The number of hydrogen-bond donors (Lipinski definition) is 2. The zero-order valence-corrected chi connectivity index (χ0v) is 19.3. The number of anilines is 1. The predicted octanol–water partition coefficient (Wildman–Crippen LogP) is 4.70. The Hall–Kier alpha value is -4.66. The molecule has 0 unspecified atom stereocenters. The van der Waals surface area contributed by atoms with E-state index < -0.39 is 10.8 Å². The van der Waals surface area contributed by atoms with E-state index in [4.69, 9.17) is 9.47 Å². The number of hydrogen-bond acceptors (Lipinski definition) is 7. The van der Waals surface area contributed by atoms with Crippen molar-refractivity contribution in [3.63, 3.8) is 0 Å². The van der Waals surface area contributed by atoms with E-state index in [9.17, 15) is 14.9 Å². The molecular formula is C26H24N4O5. The largest absolute Gasteiger partial charge is 0.497 e. The number of ether oxygens (including phenoxy) is 2. The molecule has 4 rings (SSSR count). The van der Waals surface area contributed by atoms with Gasteiger partial charge in [-0.3, -0.25) is 14.9 Å². The van der Waals surface area contributed by atoms with Crippen molar-refractivity contribution >= 4 is 28.3 Å². The number of benzene rings is 3. The molecule has 35 heavy (non-hydrogen) atoms. The summed E-state index contributed by atoms with van der Waals surface area (Å²) in [6.45, 7) is 0.480. The predicted molar refractivity (Wildman–Crippen MR) is 133 cm³/mol. The summed E-state index contributed by atoms with van der Waals surface area (Å²) in [4.78, 5) is 29.3. The SMILES string of the molecule is COc1ccc(CNC(=O)c2c([N+](=O)[O-])c(NCc3ccc(OC)cc3)nc3ccccc23)cc1. The first-order chi connectivity index (χ1) is 17.0. The summed E-state index contributed by atoms with van der Waals surface area (Å²) in [5, 5.41) is 18.4. The van der Waals surface area contributed by atoms with Crippen LogP contribution in [-0.2, 0) is 13.1 Å². The monoisotopic (exact) mass is 472 g/mol. The lowest BCUT2D eigenvalue weighted by molar-refractivity contribution is -0.384.